The summed E-state index contributed by atoms with van der Waals surface area (Å²) in [6.45, 7) is 3.18. The molecule has 1 rings (SSSR count). The molecule has 0 atom stereocenters. The van der Waals surface area contributed by atoms with E-state index >= 15 is 0 Å². The quantitative estimate of drug-likeness (QED) is 0.649. The monoisotopic (exact) mass is 417 g/mol. The molecule has 0 aliphatic carbocycles. The van der Waals surface area contributed by atoms with Gasteiger partial charge in [0.1, 0.15) is 0 Å². The van der Waals surface area contributed by atoms with Crippen molar-refractivity contribution in [3.05, 3.63) is 23.2 Å². The van der Waals surface area contributed by atoms with E-state index in [2.05, 4.69) is 34.6 Å². The van der Waals surface area contributed by atoms with Crippen molar-refractivity contribution in [2.45, 2.75) is 40.6 Å². The number of carbonyl (C=O) groups excluding carboxylic acids is 1. The summed E-state index contributed by atoms with van der Waals surface area (Å²) in [5.74, 6) is -0.479. The van der Waals surface area contributed by atoms with Gasteiger partial charge in [-0.15, -0.1) is 0 Å². The molecule has 26 heavy (non-hydrogen) atoms. The van der Waals surface area contributed by atoms with Crippen molar-refractivity contribution in [3.8, 4) is 5.75 Å². The molecule has 0 spiro atoms. The van der Waals surface area contributed by atoms with E-state index in [0.29, 0.717) is 0 Å². The highest BCUT2D eigenvalue weighted by atomic mass is 35.5. The minimum absolute atomic E-state index is 0.166. The van der Waals surface area contributed by atoms with Gasteiger partial charge in [0.25, 0.3) is 0 Å². The Morgan fingerprint density at radius 2 is 1.92 bits per heavy atom. The lowest BCUT2D eigenvalue weighted by molar-refractivity contribution is 0.130. The predicted octanol–water partition coefficient (Wildman–Crippen LogP) is 3.83. The van der Waals surface area contributed by atoms with Crippen LogP contribution in [-0.2, 0) is 15.1 Å². The van der Waals surface area contributed by atoms with Crippen LogP contribution in [0.25, 0.3) is 0 Å². The number of benzene rings is 1. The molecule has 0 saturated heterocycles. The normalized spacial score (nSPS) is 16.3. The van der Waals surface area contributed by atoms with Gasteiger partial charge in [0, 0.05) is 13.9 Å². The molecule has 10 heteroatoms. The Morgan fingerprint density at radius 3 is 2.31 bits per heavy atom. The summed E-state index contributed by atoms with van der Waals surface area (Å²) in [7, 11) is -4.84. The van der Waals surface area contributed by atoms with Crippen LogP contribution in [0.1, 0.15) is 44.1 Å². The van der Waals surface area contributed by atoms with Crippen molar-refractivity contribution in [3.63, 3.8) is 0 Å². The number of ether oxygens (including phenoxy) is 1. The van der Waals surface area contributed by atoms with Gasteiger partial charge in [-0.1, -0.05) is 32.4 Å². The molecule has 0 bridgehead atoms. The fraction of sp³-hybridized carbons (Fsp3) is 0.562. The fourth-order valence-electron chi connectivity index (χ4n) is 1.67. The van der Waals surface area contributed by atoms with Crippen molar-refractivity contribution >= 4 is 33.8 Å². The van der Waals surface area contributed by atoms with Crippen LogP contribution >= 0.6 is 11.6 Å². The van der Waals surface area contributed by atoms with Gasteiger partial charge in [-0.3, -0.25) is 9.87 Å². The lowest BCUT2D eigenvalue weighted by Gasteiger charge is -2.13. The molecular weight excluding hydrogens is 384 g/mol. The second-order valence-electron chi connectivity index (χ2n) is 4.62. The Labute approximate surface area is 170 Å². The third-order valence-electron chi connectivity index (χ3n) is 2.91. The lowest BCUT2D eigenvalue weighted by Crippen LogP contribution is -2.21. The van der Waals surface area contributed by atoms with Crippen molar-refractivity contribution in [1.29, 1.82) is 0 Å². The first-order valence-electron chi connectivity index (χ1n) is 11.0. The highest BCUT2D eigenvalue weighted by Crippen LogP contribution is 2.28. The third-order valence-corrected chi connectivity index (χ3v) is 3.60. The molecule has 0 radical (unpaired) electrons. The van der Waals surface area contributed by atoms with Gasteiger partial charge in [0.2, 0.25) is 0 Å². The molecule has 1 aromatic carbocycles. The first-order chi connectivity index (χ1) is 14.8. The summed E-state index contributed by atoms with van der Waals surface area (Å²) >= 11 is 5.69. The molecule has 150 valence electrons. The first-order valence-corrected chi connectivity index (χ1v) is 9.24. The van der Waals surface area contributed by atoms with Crippen molar-refractivity contribution in [2.75, 3.05) is 25.0 Å². The van der Waals surface area contributed by atoms with Crippen molar-refractivity contribution in [2.24, 2.45) is 0 Å². The molecule has 1 aromatic rings. The van der Waals surface area contributed by atoms with Gasteiger partial charge in [-0.2, -0.15) is 8.42 Å². The Balaban J connectivity index is 0.00000126. The highest BCUT2D eigenvalue weighted by Gasteiger charge is 2.12. The van der Waals surface area contributed by atoms with Gasteiger partial charge in [0.15, 0.2) is 5.75 Å². The molecule has 0 saturated carbocycles. The maximum Gasteiger partial charge on any atom is 0.446 e. The van der Waals surface area contributed by atoms with Gasteiger partial charge < -0.3 is 13.8 Å². The second kappa shape index (κ2) is 11.9. The van der Waals surface area contributed by atoms with E-state index in [-0.39, 0.29) is 10.7 Å². The van der Waals surface area contributed by atoms with Crippen LogP contribution in [0.2, 0.25) is 5.02 Å². The second-order valence-corrected chi connectivity index (χ2v) is 6.05. The molecule has 0 heterocycles. The fourth-order valence-corrected chi connectivity index (χ4v) is 2.30. The lowest BCUT2D eigenvalue weighted by atomic mass is 10.3. The Morgan fingerprint density at radius 1 is 1.35 bits per heavy atom. The van der Waals surface area contributed by atoms with Gasteiger partial charge >= 0.3 is 16.5 Å². The van der Waals surface area contributed by atoms with E-state index in [0.717, 1.165) is 18.2 Å². The molecule has 1 amide bonds. The van der Waals surface area contributed by atoms with Gasteiger partial charge in [0.05, 0.1) is 12.5 Å². The number of hydrogen-bond donors (Lipinski definition) is 2. The topological polar surface area (TPSA) is 105 Å². The number of nitrogens with one attached hydrogen (secondary N) is 1. The minimum atomic E-state index is -4.84. The molecule has 0 fully saturated rings. The molecule has 0 aliphatic rings. The SMILES string of the molecule is CCN(CC)CC.[2H]C([2H])([2H])C([2H])(OC(=O)Nc1ccc(OS(=O)(=O)O)c(Cl)c1)C([2H])([2H])[2H]. The molecular formula is C16H27ClN2O6S. The van der Waals surface area contributed by atoms with E-state index < -0.39 is 42.0 Å². The largest absolute Gasteiger partial charge is 0.447 e. The zero-order valence-corrected chi connectivity index (χ0v) is 16.1. The number of carbonyl (C=O) groups is 1. The Bertz CT molecular complexity index is 873. The number of hydrogen-bond acceptors (Lipinski definition) is 6. The van der Waals surface area contributed by atoms with Crippen molar-refractivity contribution in [1.82, 2.24) is 4.90 Å². The van der Waals surface area contributed by atoms with Crippen LogP contribution in [0, 0.1) is 0 Å². The Kier molecular flexibility index (Phi) is 6.66. The highest BCUT2D eigenvalue weighted by molar-refractivity contribution is 7.81. The van der Waals surface area contributed by atoms with Crippen molar-refractivity contribution < 1.29 is 36.3 Å². The maximum absolute atomic E-state index is 11.8. The third kappa shape index (κ3) is 11.1. The molecule has 0 aromatic heterocycles. The average molecular weight is 418 g/mol. The molecule has 2 N–H and O–H groups in total. The van der Waals surface area contributed by atoms with Crippen LogP contribution < -0.4 is 9.50 Å². The summed E-state index contributed by atoms with van der Waals surface area (Å²) < 4.78 is 88.5. The number of nitrogens with zero attached hydrogens (tertiary/aromatic N) is 1. The van der Waals surface area contributed by atoms with E-state index in [1.54, 1.807) is 0 Å². The van der Waals surface area contributed by atoms with Crippen LogP contribution in [0.5, 0.6) is 5.75 Å². The van der Waals surface area contributed by atoms with E-state index in [1.165, 1.54) is 19.6 Å². The molecule has 8 nitrogen and oxygen atoms in total. The summed E-state index contributed by atoms with van der Waals surface area (Å²) in [6.07, 6.45) is -5.10. The van der Waals surface area contributed by atoms with Crippen LogP contribution in [0.4, 0.5) is 10.5 Å². The van der Waals surface area contributed by atoms with Crippen LogP contribution in [-0.4, -0.2) is 49.7 Å². The minimum Gasteiger partial charge on any atom is -0.447 e. The van der Waals surface area contributed by atoms with Gasteiger partial charge in [-0.25, -0.2) is 4.79 Å². The number of rotatable bonds is 7. The summed E-state index contributed by atoms with van der Waals surface area (Å²) in [4.78, 5) is 14.2. The maximum atomic E-state index is 11.8. The summed E-state index contributed by atoms with van der Waals surface area (Å²) in [6, 6.07) is 2.91. The Hall–Kier alpha value is -1.55. The zero-order valence-electron chi connectivity index (χ0n) is 21.6. The molecule has 0 aliphatic heterocycles. The van der Waals surface area contributed by atoms with Crippen LogP contribution in [0.3, 0.4) is 0 Å². The van der Waals surface area contributed by atoms with E-state index in [4.69, 9.17) is 25.7 Å². The van der Waals surface area contributed by atoms with Gasteiger partial charge in [-0.05, 0) is 51.5 Å². The van der Waals surface area contributed by atoms with Crippen LogP contribution in [0.15, 0.2) is 18.2 Å². The number of amides is 1. The predicted molar refractivity (Wildman–Crippen MR) is 102 cm³/mol. The zero-order chi connectivity index (χ0) is 26.3. The first kappa shape index (κ1) is 14.5. The number of halogens is 1. The smallest absolute Gasteiger partial charge is 0.446 e. The standard InChI is InChI=1S/C10H12ClNO6S.C6H15N/c1-6(2)17-10(13)12-7-3-4-9(8(11)5-7)18-19(14,15)16;1-4-7(5-2)6-3/h3-6H,1-2H3,(H,12,13)(H,14,15,16);4-6H2,1-3H3/i1D3,2D3,6D;. The van der Waals surface area contributed by atoms with E-state index in [1.807, 2.05) is 5.32 Å². The summed E-state index contributed by atoms with van der Waals surface area (Å²) in [5, 5.41) is 1.57. The summed E-state index contributed by atoms with van der Waals surface area (Å²) in [5.41, 5.74) is -0.166. The van der Waals surface area contributed by atoms with E-state index in [9.17, 15) is 13.2 Å². The molecule has 0 unspecified atom stereocenters. The average Bonchev–Trinajstić information content (AvgIpc) is 2.63. The number of anilines is 1.